The van der Waals surface area contributed by atoms with Crippen molar-refractivity contribution < 1.29 is 9.90 Å². The Kier molecular flexibility index (Phi) is 5.74. The van der Waals surface area contributed by atoms with Crippen LogP contribution in [0.1, 0.15) is 25.0 Å². The number of benzene rings is 2. The van der Waals surface area contributed by atoms with Gasteiger partial charge in [-0.15, -0.1) is 0 Å². The van der Waals surface area contributed by atoms with Crippen molar-refractivity contribution in [2.75, 3.05) is 6.54 Å². The zero-order chi connectivity index (χ0) is 16.9. The summed E-state index contributed by atoms with van der Waals surface area (Å²) in [7, 11) is 0. The highest BCUT2D eigenvalue weighted by atomic mass is 79.9. The molecule has 0 bridgehead atoms. The second-order valence-electron chi connectivity index (χ2n) is 5.69. The van der Waals surface area contributed by atoms with Gasteiger partial charge >= 0.3 is 0 Å². The van der Waals surface area contributed by atoms with E-state index in [4.69, 9.17) is 0 Å². The van der Waals surface area contributed by atoms with Crippen molar-refractivity contribution in [2.24, 2.45) is 0 Å². The molecule has 1 unspecified atom stereocenters. The zero-order valence-corrected chi connectivity index (χ0v) is 14.8. The summed E-state index contributed by atoms with van der Waals surface area (Å²) in [5.41, 5.74) is 1.52. The molecule has 3 nitrogen and oxygen atoms in total. The van der Waals surface area contributed by atoms with Crippen molar-refractivity contribution in [1.29, 1.82) is 0 Å². The molecule has 1 amide bonds. The van der Waals surface area contributed by atoms with Crippen LogP contribution in [-0.2, 0) is 10.4 Å². The van der Waals surface area contributed by atoms with E-state index in [9.17, 15) is 9.90 Å². The van der Waals surface area contributed by atoms with Gasteiger partial charge in [0.1, 0.15) is 5.60 Å². The maximum absolute atomic E-state index is 12.1. The van der Waals surface area contributed by atoms with Gasteiger partial charge in [-0.05, 0) is 42.7 Å². The highest BCUT2D eigenvalue weighted by Crippen LogP contribution is 2.22. The van der Waals surface area contributed by atoms with Crippen molar-refractivity contribution in [3.05, 3.63) is 76.3 Å². The number of nitrogens with one attached hydrogen (secondary N) is 1. The number of rotatable bonds is 5. The third-order valence-corrected chi connectivity index (χ3v) is 4.18. The highest BCUT2D eigenvalue weighted by molar-refractivity contribution is 9.10. The van der Waals surface area contributed by atoms with Crippen molar-refractivity contribution in [3.8, 4) is 0 Å². The molecule has 0 aromatic heterocycles. The minimum Gasteiger partial charge on any atom is -0.384 e. The Hall–Kier alpha value is -1.91. The minimum absolute atomic E-state index is 0.145. The Morgan fingerprint density at radius 3 is 2.39 bits per heavy atom. The predicted molar refractivity (Wildman–Crippen MR) is 96.8 cm³/mol. The first-order chi connectivity index (χ1) is 10.9. The monoisotopic (exact) mass is 373 g/mol. The number of carbonyl (C=O) groups is 1. The van der Waals surface area contributed by atoms with E-state index in [0.717, 1.165) is 21.2 Å². The maximum Gasteiger partial charge on any atom is 0.244 e. The van der Waals surface area contributed by atoms with Gasteiger partial charge in [0.25, 0.3) is 0 Å². The Bertz CT molecular complexity index is 691. The van der Waals surface area contributed by atoms with E-state index in [0.29, 0.717) is 0 Å². The van der Waals surface area contributed by atoms with Crippen LogP contribution >= 0.6 is 15.9 Å². The van der Waals surface area contributed by atoms with Gasteiger partial charge in [-0.1, -0.05) is 58.4 Å². The molecule has 0 fully saturated rings. The number of hydrogen-bond acceptors (Lipinski definition) is 2. The fraction of sp³-hybridized carbons (Fsp3) is 0.211. The third-order valence-electron chi connectivity index (χ3n) is 3.65. The molecule has 2 aromatic carbocycles. The van der Waals surface area contributed by atoms with Crippen LogP contribution in [0.15, 0.2) is 65.1 Å². The first-order valence-electron chi connectivity index (χ1n) is 7.38. The van der Waals surface area contributed by atoms with E-state index < -0.39 is 5.60 Å². The molecule has 0 aliphatic carbocycles. The Labute approximate surface area is 145 Å². The van der Waals surface area contributed by atoms with E-state index in [1.54, 1.807) is 13.0 Å². The lowest BCUT2D eigenvalue weighted by molar-refractivity contribution is -0.117. The van der Waals surface area contributed by atoms with Gasteiger partial charge in [-0.2, -0.15) is 0 Å². The Morgan fingerprint density at radius 1 is 1.17 bits per heavy atom. The minimum atomic E-state index is -1.12. The summed E-state index contributed by atoms with van der Waals surface area (Å²) in [5, 5.41) is 13.3. The van der Waals surface area contributed by atoms with Crippen molar-refractivity contribution in [3.63, 3.8) is 0 Å². The van der Waals surface area contributed by atoms with Crippen LogP contribution in [0.5, 0.6) is 0 Å². The summed E-state index contributed by atoms with van der Waals surface area (Å²) in [6, 6.07) is 17.1. The molecule has 2 rings (SSSR count). The lowest BCUT2D eigenvalue weighted by atomic mass is 9.96. The smallest absolute Gasteiger partial charge is 0.244 e. The molecule has 0 heterocycles. The van der Waals surface area contributed by atoms with Crippen molar-refractivity contribution in [2.45, 2.75) is 19.4 Å². The van der Waals surface area contributed by atoms with Gasteiger partial charge in [0.15, 0.2) is 0 Å². The van der Waals surface area contributed by atoms with Crippen LogP contribution < -0.4 is 5.32 Å². The van der Waals surface area contributed by atoms with Gasteiger partial charge in [-0.25, -0.2) is 0 Å². The average Bonchev–Trinajstić information content (AvgIpc) is 2.54. The SMILES string of the molecule is C/C(=C\C(=O)NCC(C)(O)c1ccc(Br)cc1)c1ccccc1. The fourth-order valence-corrected chi connectivity index (χ4v) is 2.47. The number of hydrogen-bond donors (Lipinski definition) is 2. The molecule has 0 aliphatic heterocycles. The molecule has 23 heavy (non-hydrogen) atoms. The summed E-state index contributed by atoms with van der Waals surface area (Å²) in [6.07, 6.45) is 1.55. The normalized spacial score (nSPS) is 14.2. The average molecular weight is 374 g/mol. The zero-order valence-electron chi connectivity index (χ0n) is 13.2. The van der Waals surface area contributed by atoms with Crippen LogP contribution in [0.2, 0.25) is 0 Å². The molecule has 0 radical (unpaired) electrons. The van der Waals surface area contributed by atoms with Gasteiger partial charge in [0.2, 0.25) is 5.91 Å². The van der Waals surface area contributed by atoms with Crippen molar-refractivity contribution >= 4 is 27.4 Å². The first kappa shape index (κ1) is 17.4. The lowest BCUT2D eigenvalue weighted by Gasteiger charge is -2.24. The van der Waals surface area contributed by atoms with Crippen LogP contribution in [0.25, 0.3) is 5.57 Å². The molecule has 2 N–H and O–H groups in total. The molecule has 0 saturated carbocycles. The first-order valence-corrected chi connectivity index (χ1v) is 8.18. The fourth-order valence-electron chi connectivity index (χ4n) is 2.20. The van der Waals surface area contributed by atoms with E-state index in [2.05, 4.69) is 21.2 Å². The van der Waals surface area contributed by atoms with Crippen LogP contribution in [0.4, 0.5) is 0 Å². The largest absolute Gasteiger partial charge is 0.384 e. The summed E-state index contributed by atoms with van der Waals surface area (Å²) in [4.78, 5) is 12.1. The van der Waals surface area contributed by atoms with Gasteiger partial charge in [0, 0.05) is 10.5 Å². The molecule has 4 heteroatoms. The molecule has 120 valence electrons. The molecule has 2 aromatic rings. The topological polar surface area (TPSA) is 49.3 Å². The van der Waals surface area contributed by atoms with E-state index in [-0.39, 0.29) is 12.5 Å². The van der Waals surface area contributed by atoms with Crippen LogP contribution in [-0.4, -0.2) is 17.6 Å². The summed E-state index contributed by atoms with van der Waals surface area (Å²) in [6.45, 7) is 3.72. The Balaban J connectivity index is 1.99. The van der Waals surface area contributed by atoms with Crippen molar-refractivity contribution in [1.82, 2.24) is 5.32 Å². The number of carbonyl (C=O) groups excluding carboxylic acids is 1. The molecule has 1 atom stereocenters. The number of amides is 1. The second kappa shape index (κ2) is 7.57. The molecule has 0 saturated heterocycles. The standard InChI is InChI=1S/C19H20BrNO2/c1-14(15-6-4-3-5-7-15)12-18(22)21-13-19(2,23)16-8-10-17(20)11-9-16/h3-12,23H,13H2,1-2H3,(H,21,22)/b14-12+. The van der Waals surface area contributed by atoms with Crippen LogP contribution in [0, 0.1) is 0 Å². The number of allylic oxidation sites excluding steroid dienone is 1. The van der Waals surface area contributed by atoms with E-state index in [1.165, 1.54) is 0 Å². The number of halogens is 1. The van der Waals surface area contributed by atoms with Crippen LogP contribution in [0.3, 0.4) is 0 Å². The summed E-state index contributed by atoms with van der Waals surface area (Å²) < 4.78 is 0.947. The molecular formula is C19H20BrNO2. The predicted octanol–water partition coefficient (Wildman–Crippen LogP) is 3.88. The third kappa shape index (κ3) is 5.05. The molecular weight excluding hydrogens is 354 g/mol. The lowest BCUT2D eigenvalue weighted by Crippen LogP contribution is -2.38. The summed E-state index contributed by atoms with van der Waals surface area (Å²) >= 11 is 3.36. The molecule has 0 aliphatic rings. The summed E-state index contributed by atoms with van der Waals surface area (Å²) in [5.74, 6) is -0.219. The molecule has 0 spiro atoms. The van der Waals surface area contributed by atoms with E-state index >= 15 is 0 Å². The van der Waals surface area contributed by atoms with Gasteiger partial charge in [-0.3, -0.25) is 4.79 Å². The van der Waals surface area contributed by atoms with Gasteiger partial charge in [0.05, 0.1) is 6.54 Å². The number of aliphatic hydroxyl groups is 1. The maximum atomic E-state index is 12.1. The van der Waals surface area contributed by atoms with E-state index in [1.807, 2.05) is 61.5 Å². The quantitative estimate of drug-likeness (QED) is 0.781. The van der Waals surface area contributed by atoms with Gasteiger partial charge < -0.3 is 10.4 Å². The Morgan fingerprint density at radius 2 is 1.78 bits per heavy atom. The second-order valence-corrected chi connectivity index (χ2v) is 6.61. The highest BCUT2D eigenvalue weighted by Gasteiger charge is 2.23.